The van der Waals surface area contributed by atoms with Gasteiger partial charge >= 0.3 is 5.97 Å². The molecule has 2 aromatic carbocycles. The van der Waals surface area contributed by atoms with Crippen LogP contribution in [0.5, 0.6) is 5.75 Å². The van der Waals surface area contributed by atoms with Crippen LogP contribution in [0.4, 0.5) is 5.69 Å². The lowest BCUT2D eigenvalue weighted by Gasteiger charge is -2.15. The number of carbonyl (C=O) groups excluding carboxylic acids is 4. The van der Waals surface area contributed by atoms with Crippen LogP contribution in [0.1, 0.15) is 43.8 Å². The van der Waals surface area contributed by atoms with Gasteiger partial charge in [0.2, 0.25) is 0 Å². The third kappa shape index (κ3) is 4.33. The number of anilines is 1. The second-order valence-electron chi connectivity index (χ2n) is 7.27. The number of carbonyl (C=O) groups is 4. The van der Waals surface area contributed by atoms with E-state index in [1.165, 1.54) is 38.5 Å². The Morgan fingerprint density at radius 1 is 1.03 bits per heavy atom. The summed E-state index contributed by atoms with van der Waals surface area (Å²) in [4.78, 5) is 51.4. The highest BCUT2D eigenvalue weighted by Crippen LogP contribution is 2.27. The predicted octanol–water partition coefficient (Wildman–Crippen LogP) is 3.27. The van der Waals surface area contributed by atoms with Crippen LogP contribution in [0, 0.1) is 0 Å². The SMILES string of the molecule is COc1ccccc1NC(=O)[C@H](C)OC(=O)c1ccc2c(c1)C(=O)N(Cc1ccco1)C2=O. The van der Waals surface area contributed by atoms with Gasteiger partial charge in [0.25, 0.3) is 17.7 Å². The minimum Gasteiger partial charge on any atom is -0.495 e. The molecule has 0 bridgehead atoms. The van der Waals surface area contributed by atoms with E-state index in [1.807, 2.05) is 0 Å². The molecule has 1 N–H and O–H groups in total. The highest BCUT2D eigenvalue weighted by atomic mass is 16.5. The molecule has 0 saturated heterocycles. The van der Waals surface area contributed by atoms with Gasteiger partial charge in [-0.05, 0) is 49.4 Å². The summed E-state index contributed by atoms with van der Waals surface area (Å²) < 4.78 is 15.7. The number of hydrogen-bond donors (Lipinski definition) is 1. The van der Waals surface area contributed by atoms with Crippen molar-refractivity contribution in [3.8, 4) is 5.75 Å². The number of amides is 3. The monoisotopic (exact) mass is 448 g/mol. The van der Waals surface area contributed by atoms with Gasteiger partial charge in [-0.15, -0.1) is 0 Å². The minimum atomic E-state index is -1.12. The van der Waals surface area contributed by atoms with E-state index in [9.17, 15) is 19.2 Å². The lowest BCUT2D eigenvalue weighted by atomic mass is 10.1. The van der Waals surface area contributed by atoms with Gasteiger partial charge < -0.3 is 19.2 Å². The molecular formula is C24H20N2O7. The van der Waals surface area contributed by atoms with Crippen LogP contribution < -0.4 is 10.1 Å². The van der Waals surface area contributed by atoms with Crippen molar-refractivity contribution in [3.63, 3.8) is 0 Å². The number of hydrogen-bond acceptors (Lipinski definition) is 7. The topological polar surface area (TPSA) is 115 Å². The summed E-state index contributed by atoms with van der Waals surface area (Å²) in [6.07, 6.45) is 0.329. The number of nitrogens with zero attached hydrogens (tertiary/aromatic N) is 1. The fraction of sp³-hybridized carbons (Fsp3) is 0.167. The average molecular weight is 448 g/mol. The molecule has 0 unspecified atom stereocenters. The molecule has 4 rings (SSSR count). The largest absolute Gasteiger partial charge is 0.495 e. The number of benzene rings is 2. The third-order valence-electron chi connectivity index (χ3n) is 5.12. The van der Waals surface area contributed by atoms with E-state index in [1.54, 1.807) is 36.4 Å². The number of methoxy groups -OCH3 is 1. The summed E-state index contributed by atoms with van der Waals surface area (Å²) in [5.41, 5.74) is 0.759. The zero-order chi connectivity index (χ0) is 23.5. The molecule has 1 atom stereocenters. The first-order chi connectivity index (χ1) is 15.9. The van der Waals surface area contributed by atoms with Crippen molar-refractivity contribution < 1.29 is 33.1 Å². The molecule has 1 aliphatic rings. The zero-order valence-electron chi connectivity index (χ0n) is 17.9. The molecule has 2 heterocycles. The van der Waals surface area contributed by atoms with Gasteiger partial charge in [-0.1, -0.05) is 12.1 Å². The molecule has 1 aromatic heterocycles. The maximum atomic E-state index is 12.7. The van der Waals surface area contributed by atoms with Crippen LogP contribution in [0.3, 0.4) is 0 Å². The number of imide groups is 1. The summed E-state index contributed by atoms with van der Waals surface area (Å²) in [6.45, 7) is 1.41. The van der Waals surface area contributed by atoms with E-state index >= 15 is 0 Å². The number of furan rings is 1. The summed E-state index contributed by atoms with van der Waals surface area (Å²) in [7, 11) is 1.48. The van der Waals surface area contributed by atoms with Crippen molar-refractivity contribution in [1.82, 2.24) is 4.90 Å². The van der Waals surface area contributed by atoms with Crippen LogP contribution in [-0.4, -0.2) is 41.8 Å². The van der Waals surface area contributed by atoms with Gasteiger partial charge in [-0.2, -0.15) is 0 Å². The average Bonchev–Trinajstić information content (AvgIpc) is 3.42. The Balaban J connectivity index is 1.45. The van der Waals surface area contributed by atoms with Crippen molar-refractivity contribution in [3.05, 3.63) is 83.3 Å². The first-order valence-corrected chi connectivity index (χ1v) is 10.1. The highest BCUT2D eigenvalue weighted by Gasteiger charge is 2.36. The van der Waals surface area contributed by atoms with Crippen LogP contribution in [0.15, 0.2) is 65.3 Å². The van der Waals surface area contributed by atoms with E-state index in [0.717, 1.165) is 4.90 Å². The molecule has 1 aliphatic heterocycles. The van der Waals surface area contributed by atoms with Gasteiger partial charge in [0.15, 0.2) is 6.10 Å². The van der Waals surface area contributed by atoms with Crippen LogP contribution in [0.2, 0.25) is 0 Å². The molecule has 3 aromatic rings. The maximum absolute atomic E-state index is 12.7. The van der Waals surface area contributed by atoms with E-state index < -0.39 is 29.8 Å². The summed E-state index contributed by atoms with van der Waals surface area (Å²) in [5, 5.41) is 2.64. The fourth-order valence-electron chi connectivity index (χ4n) is 3.38. The Labute approximate surface area is 188 Å². The Hall–Kier alpha value is -4.40. The van der Waals surface area contributed by atoms with Gasteiger partial charge in [-0.3, -0.25) is 19.3 Å². The zero-order valence-corrected chi connectivity index (χ0v) is 17.9. The molecule has 0 saturated carbocycles. The molecule has 168 valence electrons. The quantitative estimate of drug-likeness (QED) is 0.436. The van der Waals surface area contributed by atoms with E-state index in [2.05, 4.69) is 5.32 Å². The second kappa shape index (κ2) is 8.99. The van der Waals surface area contributed by atoms with Gasteiger partial charge in [0.05, 0.1) is 42.3 Å². The van der Waals surface area contributed by atoms with E-state index in [4.69, 9.17) is 13.9 Å². The van der Waals surface area contributed by atoms with Crippen LogP contribution in [0.25, 0.3) is 0 Å². The van der Waals surface area contributed by atoms with Crippen molar-refractivity contribution in [2.24, 2.45) is 0 Å². The molecule has 33 heavy (non-hydrogen) atoms. The molecule has 0 radical (unpaired) electrons. The first kappa shape index (κ1) is 21.8. The van der Waals surface area contributed by atoms with Crippen LogP contribution >= 0.6 is 0 Å². The first-order valence-electron chi connectivity index (χ1n) is 10.1. The molecule has 0 fully saturated rings. The fourth-order valence-corrected chi connectivity index (χ4v) is 3.38. The van der Waals surface area contributed by atoms with Crippen molar-refractivity contribution >= 4 is 29.4 Å². The van der Waals surface area contributed by atoms with E-state index in [0.29, 0.717) is 17.2 Å². The lowest BCUT2D eigenvalue weighted by Crippen LogP contribution is -2.30. The molecule has 9 nitrogen and oxygen atoms in total. The van der Waals surface area contributed by atoms with Gasteiger partial charge in [0, 0.05) is 0 Å². The van der Waals surface area contributed by atoms with Gasteiger partial charge in [0.1, 0.15) is 11.5 Å². The lowest BCUT2D eigenvalue weighted by molar-refractivity contribution is -0.123. The summed E-state index contributed by atoms with van der Waals surface area (Å²) in [6, 6.07) is 14.2. The second-order valence-corrected chi connectivity index (χ2v) is 7.27. The summed E-state index contributed by atoms with van der Waals surface area (Å²) >= 11 is 0. The van der Waals surface area contributed by atoms with Crippen molar-refractivity contribution in [2.75, 3.05) is 12.4 Å². The Kier molecular flexibility index (Phi) is 5.95. The summed E-state index contributed by atoms with van der Waals surface area (Å²) in [5.74, 6) is -1.45. The van der Waals surface area contributed by atoms with Gasteiger partial charge in [-0.25, -0.2) is 4.79 Å². The van der Waals surface area contributed by atoms with E-state index in [-0.39, 0.29) is 23.2 Å². The van der Waals surface area contributed by atoms with Crippen molar-refractivity contribution in [2.45, 2.75) is 19.6 Å². The molecule has 3 amide bonds. The Morgan fingerprint density at radius 3 is 2.52 bits per heavy atom. The number of para-hydroxylation sites is 2. The maximum Gasteiger partial charge on any atom is 0.338 e. The predicted molar refractivity (Wildman–Crippen MR) is 116 cm³/mol. The van der Waals surface area contributed by atoms with Crippen molar-refractivity contribution in [1.29, 1.82) is 0 Å². The molecule has 9 heteroatoms. The smallest absolute Gasteiger partial charge is 0.338 e. The van der Waals surface area contributed by atoms with Crippen LogP contribution in [-0.2, 0) is 16.1 Å². The molecule has 0 spiro atoms. The number of rotatable bonds is 7. The minimum absolute atomic E-state index is 0.0146. The highest BCUT2D eigenvalue weighted by molar-refractivity contribution is 6.21. The molecule has 0 aliphatic carbocycles. The molecular weight excluding hydrogens is 428 g/mol. The number of nitrogens with one attached hydrogen (secondary N) is 1. The number of esters is 1. The Morgan fingerprint density at radius 2 is 1.79 bits per heavy atom. The number of fused-ring (bicyclic) bond motifs is 1. The number of ether oxygens (including phenoxy) is 2. The Bertz CT molecular complexity index is 1230. The standard InChI is InChI=1S/C24H20N2O7/c1-14(21(27)25-19-7-3-4-8-20(19)31-2)33-24(30)15-9-10-17-18(12-15)23(29)26(22(17)28)13-16-6-5-11-32-16/h3-12,14H,13H2,1-2H3,(H,25,27)/t14-/m0/s1. The third-order valence-corrected chi connectivity index (χ3v) is 5.12. The normalized spacial score (nSPS) is 13.5.